The molecular formula is C15H18N4O4S2. The third kappa shape index (κ3) is 4.15. The number of thiophene rings is 1. The molecule has 0 atom stereocenters. The van der Waals surface area contributed by atoms with Gasteiger partial charge >= 0.3 is 0 Å². The van der Waals surface area contributed by atoms with Crippen molar-refractivity contribution in [3.8, 4) is 0 Å². The van der Waals surface area contributed by atoms with Crippen molar-refractivity contribution < 1.29 is 13.3 Å². The molecule has 2 N–H and O–H groups in total. The van der Waals surface area contributed by atoms with Crippen molar-refractivity contribution in [3.05, 3.63) is 50.7 Å². The smallest absolute Gasteiger partial charge is 0.270 e. The van der Waals surface area contributed by atoms with Gasteiger partial charge in [-0.3, -0.25) is 15.0 Å². The molecule has 0 radical (unpaired) electrons. The van der Waals surface area contributed by atoms with Crippen molar-refractivity contribution in [2.75, 3.05) is 31.1 Å². The van der Waals surface area contributed by atoms with Gasteiger partial charge in [-0.15, -0.1) is 0 Å². The number of non-ortho nitro benzene ring substituents is 1. The minimum Gasteiger partial charge on any atom is -0.368 e. The lowest BCUT2D eigenvalue weighted by molar-refractivity contribution is -0.385. The molecule has 0 aliphatic carbocycles. The average molecular weight is 382 g/mol. The number of nitrogens with zero attached hydrogens (tertiary/aromatic N) is 3. The molecular weight excluding hydrogens is 364 g/mol. The molecule has 1 aromatic carbocycles. The number of nitro benzene ring substituents is 1. The van der Waals surface area contributed by atoms with E-state index in [9.17, 15) is 18.5 Å². The van der Waals surface area contributed by atoms with Crippen molar-refractivity contribution in [2.45, 2.75) is 11.4 Å². The Hall–Kier alpha value is -2.01. The van der Waals surface area contributed by atoms with Crippen molar-refractivity contribution >= 4 is 32.7 Å². The third-order valence-corrected chi connectivity index (χ3v) is 5.83. The molecule has 0 spiro atoms. The van der Waals surface area contributed by atoms with Crippen molar-refractivity contribution in [2.24, 2.45) is 5.14 Å². The summed E-state index contributed by atoms with van der Waals surface area (Å²) in [6.07, 6.45) is 0. The molecule has 1 saturated heterocycles. The van der Waals surface area contributed by atoms with Crippen LogP contribution in [0.25, 0.3) is 0 Å². The van der Waals surface area contributed by atoms with Crippen LogP contribution in [0.3, 0.4) is 0 Å². The summed E-state index contributed by atoms with van der Waals surface area (Å²) in [6, 6.07) is 5.89. The van der Waals surface area contributed by atoms with Gasteiger partial charge in [0.05, 0.1) is 10.6 Å². The van der Waals surface area contributed by atoms with E-state index in [1.807, 2.05) is 10.3 Å². The summed E-state index contributed by atoms with van der Waals surface area (Å²) in [4.78, 5) is 14.3. The summed E-state index contributed by atoms with van der Waals surface area (Å²) >= 11 is 1.66. The van der Waals surface area contributed by atoms with Crippen LogP contribution in [0.15, 0.2) is 39.9 Å². The number of benzene rings is 1. The zero-order chi connectivity index (χ0) is 18.0. The number of hydrogen-bond donors (Lipinski definition) is 1. The highest BCUT2D eigenvalue weighted by atomic mass is 32.2. The third-order valence-electron chi connectivity index (χ3n) is 4.16. The van der Waals surface area contributed by atoms with Crippen LogP contribution in [-0.2, 0) is 16.6 Å². The van der Waals surface area contributed by atoms with Crippen LogP contribution >= 0.6 is 11.3 Å². The van der Waals surface area contributed by atoms with E-state index in [-0.39, 0.29) is 10.6 Å². The summed E-state index contributed by atoms with van der Waals surface area (Å²) < 4.78 is 23.7. The maximum absolute atomic E-state index is 11.9. The molecule has 1 fully saturated rings. The van der Waals surface area contributed by atoms with Gasteiger partial charge < -0.3 is 4.90 Å². The summed E-state index contributed by atoms with van der Waals surface area (Å²) in [5.41, 5.74) is 1.39. The molecule has 8 nitrogen and oxygen atoms in total. The van der Waals surface area contributed by atoms with Gasteiger partial charge in [0.1, 0.15) is 4.90 Å². The number of primary sulfonamides is 1. The molecule has 2 aromatic rings. The largest absolute Gasteiger partial charge is 0.368 e. The molecule has 1 aliphatic heterocycles. The van der Waals surface area contributed by atoms with Gasteiger partial charge in [-0.25, -0.2) is 13.6 Å². The van der Waals surface area contributed by atoms with Gasteiger partial charge in [0, 0.05) is 44.9 Å². The Morgan fingerprint density at radius 2 is 1.92 bits per heavy atom. The Morgan fingerprint density at radius 1 is 1.20 bits per heavy atom. The number of nitro groups is 1. The minimum absolute atomic E-state index is 0.201. The Kier molecular flexibility index (Phi) is 5.04. The molecule has 0 saturated carbocycles. The fourth-order valence-corrected chi connectivity index (χ4v) is 4.33. The molecule has 25 heavy (non-hydrogen) atoms. The van der Waals surface area contributed by atoms with Gasteiger partial charge in [0.25, 0.3) is 5.69 Å². The first-order valence-corrected chi connectivity index (χ1v) is 10.1. The van der Waals surface area contributed by atoms with E-state index in [4.69, 9.17) is 5.14 Å². The van der Waals surface area contributed by atoms with Gasteiger partial charge in [0.2, 0.25) is 10.0 Å². The second-order valence-electron chi connectivity index (χ2n) is 5.85. The zero-order valence-corrected chi connectivity index (χ0v) is 15.0. The van der Waals surface area contributed by atoms with Crippen LogP contribution in [0.1, 0.15) is 5.56 Å². The van der Waals surface area contributed by atoms with E-state index in [0.29, 0.717) is 18.8 Å². The summed E-state index contributed by atoms with van der Waals surface area (Å²) in [5, 5.41) is 20.3. The zero-order valence-electron chi connectivity index (χ0n) is 13.4. The maximum atomic E-state index is 11.9. The lowest BCUT2D eigenvalue weighted by Gasteiger charge is -2.36. The standard InChI is InChI=1S/C15H18N4O4S2/c16-25(22,23)15-9-13(19(20)21)1-2-14(15)18-6-4-17(5-7-18)10-12-3-8-24-11-12/h1-3,8-9,11H,4-7,10H2,(H2,16,22,23). The lowest BCUT2D eigenvalue weighted by atomic mass is 10.2. The molecule has 10 heteroatoms. The van der Waals surface area contributed by atoms with Crippen LogP contribution < -0.4 is 10.0 Å². The second-order valence-corrected chi connectivity index (χ2v) is 8.16. The predicted octanol–water partition coefficient (Wildman–Crippen LogP) is 1.63. The fourth-order valence-electron chi connectivity index (χ4n) is 2.89. The fraction of sp³-hybridized carbons (Fsp3) is 0.333. The number of rotatable bonds is 5. The quantitative estimate of drug-likeness (QED) is 0.622. The normalized spacial score (nSPS) is 16.1. The molecule has 1 aliphatic rings. The summed E-state index contributed by atoms with van der Waals surface area (Å²) in [6.45, 7) is 3.67. The molecule has 0 unspecified atom stereocenters. The van der Waals surface area contributed by atoms with E-state index < -0.39 is 14.9 Å². The maximum Gasteiger partial charge on any atom is 0.270 e. The molecule has 134 valence electrons. The number of anilines is 1. The first-order chi connectivity index (χ1) is 11.8. The summed E-state index contributed by atoms with van der Waals surface area (Å²) in [5.74, 6) is 0. The van der Waals surface area contributed by atoms with Gasteiger partial charge in [-0.1, -0.05) is 0 Å². The molecule has 3 rings (SSSR count). The van der Waals surface area contributed by atoms with Crippen molar-refractivity contribution in [1.82, 2.24) is 4.90 Å². The first kappa shape index (κ1) is 17.8. The van der Waals surface area contributed by atoms with Crippen LogP contribution in [0, 0.1) is 10.1 Å². The monoisotopic (exact) mass is 382 g/mol. The Labute approximate surface area is 149 Å². The average Bonchev–Trinajstić information content (AvgIpc) is 3.07. The Morgan fingerprint density at radius 3 is 2.48 bits per heavy atom. The number of sulfonamides is 1. The van der Waals surface area contributed by atoms with E-state index >= 15 is 0 Å². The second kappa shape index (κ2) is 7.08. The van der Waals surface area contributed by atoms with Crippen molar-refractivity contribution in [3.63, 3.8) is 0 Å². The van der Waals surface area contributed by atoms with Crippen LogP contribution in [0.4, 0.5) is 11.4 Å². The minimum atomic E-state index is -4.05. The van der Waals surface area contributed by atoms with E-state index in [0.717, 1.165) is 25.7 Å². The van der Waals surface area contributed by atoms with E-state index in [1.165, 1.54) is 17.7 Å². The SMILES string of the molecule is NS(=O)(=O)c1cc([N+](=O)[O-])ccc1N1CCN(Cc2ccsc2)CC1. The highest BCUT2D eigenvalue weighted by molar-refractivity contribution is 7.89. The number of hydrogen-bond acceptors (Lipinski definition) is 7. The van der Waals surface area contributed by atoms with Crippen molar-refractivity contribution in [1.29, 1.82) is 0 Å². The van der Waals surface area contributed by atoms with Crippen LogP contribution in [0.2, 0.25) is 0 Å². The highest BCUT2D eigenvalue weighted by Crippen LogP contribution is 2.29. The Bertz CT molecular complexity index is 860. The van der Waals surface area contributed by atoms with Gasteiger partial charge in [-0.2, -0.15) is 11.3 Å². The molecule has 1 aromatic heterocycles. The Balaban J connectivity index is 1.77. The van der Waals surface area contributed by atoms with Gasteiger partial charge in [0.15, 0.2) is 0 Å². The van der Waals surface area contributed by atoms with Crippen LogP contribution in [0.5, 0.6) is 0 Å². The predicted molar refractivity (Wildman–Crippen MR) is 96.3 cm³/mol. The number of piperazine rings is 1. The number of nitrogens with two attached hydrogens (primary N) is 1. The van der Waals surface area contributed by atoms with Gasteiger partial charge in [-0.05, 0) is 28.5 Å². The topological polar surface area (TPSA) is 110 Å². The summed E-state index contributed by atoms with van der Waals surface area (Å²) in [7, 11) is -4.05. The lowest BCUT2D eigenvalue weighted by Crippen LogP contribution is -2.46. The molecule has 0 amide bonds. The van der Waals surface area contributed by atoms with E-state index in [1.54, 1.807) is 11.3 Å². The van der Waals surface area contributed by atoms with Crippen LogP contribution in [-0.4, -0.2) is 44.4 Å². The van der Waals surface area contributed by atoms with E-state index in [2.05, 4.69) is 16.3 Å². The molecule has 0 bridgehead atoms. The first-order valence-electron chi connectivity index (χ1n) is 7.64. The molecule has 2 heterocycles. The highest BCUT2D eigenvalue weighted by Gasteiger charge is 2.25.